The van der Waals surface area contributed by atoms with Crippen LogP contribution in [0.3, 0.4) is 0 Å². The second-order valence-electron chi connectivity index (χ2n) is 4.11. The van der Waals surface area contributed by atoms with Gasteiger partial charge in [-0.25, -0.2) is 4.39 Å². The van der Waals surface area contributed by atoms with Gasteiger partial charge >= 0.3 is 0 Å². The van der Waals surface area contributed by atoms with Crippen LogP contribution in [0.2, 0.25) is 0 Å². The molecule has 17 heavy (non-hydrogen) atoms. The molecule has 1 atom stereocenters. The smallest absolute Gasteiger partial charge is 0.123 e. The molecule has 3 nitrogen and oxygen atoms in total. The van der Waals surface area contributed by atoms with Crippen molar-refractivity contribution in [2.75, 3.05) is 7.05 Å². The molecule has 1 unspecified atom stereocenters. The van der Waals surface area contributed by atoms with Gasteiger partial charge in [-0.1, -0.05) is 12.1 Å². The van der Waals surface area contributed by atoms with Crippen molar-refractivity contribution in [3.05, 3.63) is 53.6 Å². The predicted octanol–water partition coefficient (Wildman–Crippen LogP) is 2.35. The van der Waals surface area contributed by atoms with Crippen molar-refractivity contribution in [2.24, 2.45) is 0 Å². The summed E-state index contributed by atoms with van der Waals surface area (Å²) in [6, 6.07) is 6.86. The maximum atomic E-state index is 13.0. The lowest BCUT2D eigenvalue weighted by Gasteiger charge is -2.06. The first kappa shape index (κ1) is 11.8. The van der Waals surface area contributed by atoms with Crippen LogP contribution in [0.1, 0.15) is 24.1 Å². The van der Waals surface area contributed by atoms with E-state index in [1.807, 2.05) is 30.2 Å². The zero-order valence-corrected chi connectivity index (χ0v) is 10.0. The summed E-state index contributed by atoms with van der Waals surface area (Å²) in [5.41, 5.74) is 2.04. The van der Waals surface area contributed by atoms with Gasteiger partial charge in [0.15, 0.2) is 0 Å². The molecule has 0 spiro atoms. The third-order valence-electron chi connectivity index (χ3n) is 2.82. The molecular weight excluding hydrogens is 217 g/mol. The van der Waals surface area contributed by atoms with E-state index in [-0.39, 0.29) is 11.9 Å². The molecule has 2 aromatic rings. The molecule has 1 aromatic heterocycles. The van der Waals surface area contributed by atoms with Gasteiger partial charge in [0.2, 0.25) is 0 Å². The second-order valence-corrected chi connectivity index (χ2v) is 4.11. The molecule has 0 aliphatic heterocycles. The first-order chi connectivity index (χ1) is 8.19. The van der Waals surface area contributed by atoms with E-state index >= 15 is 0 Å². The van der Waals surface area contributed by atoms with Gasteiger partial charge in [0.1, 0.15) is 5.82 Å². The summed E-state index contributed by atoms with van der Waals surface area (Å²) in [6.07, 6.45) is 3.81. The van der Waals surface area contributed by atoms with Gasteiger partial charge in [-0.05, 0) is 31.7 Å². The fourth-order valence-electron chi connectivity index (χ4n) is 1.68. The van der Waals surface area contributed by atoms with Crippen LogP contribution in [0.15, 0.2) is 36.7 Å². The minimum atomic E-state index is -0.210. The fourth-order valence-corrected chi connectivity index (χ4v) is 1.68. The second kappa shape index (κ2) is 5.10. The zero-order chi connectivity index (χ0) is 12.3. The van der Waals surface area contributed by atoms with Gasteiger partial charge in [-0.15, -0.1) is 0 Å². The van der Waals surface area contributed by atoms with Crippen LogP contribution in [0.25, 0.3) is 0 Å². The highest BCUT2D eigenvalue weighted by Gasteiger charge is 2.05. The van der Waals surface area contributed by atoms with Crippen LogP contribution < -0.4 is 5.32 Å². The molecule has 90 valence electrons. The molecule has 1 heterocycles. The molecule has 0 saturated carbocycles. The van der Waals surface area contributed by atoms with E-state index in [0.717, 1.165) is 11.1 Å². The van der Waals surface area contributed by atoms with Crippen LogP contribution in [0.5, 0.6) is 0 Å². The molecule has 0 amide bonds. The summed E-state index contributed by atoms with van der Waals surface area (Å²) in [5, 5.41) is 7.42. The van der Waals surface area contributed by atoms with Crippen LogP contribution in [-0.2, 0) is 6.54 Å². The van der Waals surface area contributed by atoms with E-state index in [1.165, 1.54) is 12.1 Å². The minimum absolute atomic E-state index is 0.210. The third kappa shape index (κ3) is 2.91. The highest BCUT2D eigenvalue weighted by atomic mass is 19.1. The standard InChI is InChI=1S/C13H16FN3/c1-10(15-2)12-7-16-17(9-12)8-11-4-3-5-13(14)6-11/h3-7,9-10,15H,8H2,1-2H3. The maximum absolute atomic E-state index is 13.0. The molecule has 1 N–H and O–H groups in total. The Bertz CT molecular complexity index is 493. The molecular formula is C13H16FN3. The summed E-state index contributed by atoms with van der Waals surface area (Å²) in [7, 11) is 1.91. The van der Waals surface area contributed by atoms with Crippen molar-refractivity contribution in [3.8, 4) is 0 Å². The number of nitrogens with one attached hydrogen (secondary N) is 1. The van der Waals surface area contributed by atoms with Crippen LogP contribution >= 0.6 is 0 Å². The number of hydrogen-bond donors (Lipinski definition) is 1. The van der Waals surface area contributed by atoms with Crippen LogP contribution in [0.4, 0.5) is 4.39 Å². The summed E-state index contributed by atoms with van der Waals surface area (Å²) in [4.78, 5) is 0. The first-order valence-corrected chi connectivity index (χ1v) is 5.63. The summed E-state index contributed by atoms with van der Waals surface area (Å²) >= 11 is 0. The Morgan fingerprint density at radius 2 is 2.29 bits per heavy atom. The monoisotopic (exact) mass is 233 g/mol. The number of halogens is 1. The molecule has 0 bridgehead atoms. The van der Waals surface area contributed by atoms with Crippen molar-refractivity contribution in [3.63, 3.8) is 0 Å². The van der Waals surface area contributed by atoms with Crippen molar-refractivity contribution in [1.29, 1.82) is 0 Å². The van der Waals surface area contributed by atoms with Crippen molar-refractivity contribution >= 4 is 0 Å². The first-order valence-electron chi connectivity index (χ1n) is 5.63. The zero-order valence-electron chi connectivity index (χ0n) is 10.0. The molecule has 0 fully saturated rings. The van der Waals surface area contributed by atoms with E-state index < -0.39 is 0 Å². The average molecular weight is 233 g/mol. The maximum Gasteiger partial charge on any atom is 0.123 e. The molecule has 4 heteroatoms. The van der Waals surface area contributed by atoms with E-state index in [4.69, 9.17) is 0 Å². The predicted molar refractivity (Wildman–Crippen MR) is 65.2 cm³/mol. The third-order valence-corrected chi connectivity index (χ3v) is 2.82. The van der Waals surface area contributed by atoms with Crippen molar-refractivity contribution < 1.29 is 4.39 Å². The average Bonchev–Trinajstić information content (AvgIpc) is 2.76. The number of aromatic nitrogens is 2. The minimum Gasteiger partial charge on any atom is -0.313 e. The van der Waals surface area contributed by atoms with Gasteiger partial charge in [0.25, 0.3) is 0 Å². The van der Waals surface area contributed by atoms with Crippen LogP contribution in [0, 0.1) is 5.82 Å². The quantitative estimate of drug-likeness (QED) is 0.878. The molecule has 0 aliphatic rings. The number of nitrogens with zero attached hydrogens (tertiary/aromatic N) is 2. The summed E-state index contributed by atoms with van der Waals surface area (Å²) < 4.78 is 14.8. The van der Waals surface area contributed by atoms with E-state index in [9.17, 15) is 4.39 Å². The van der Waals surface area contributed by atoms with Gasteiger partial charge < -0.3 is 5.32 Å². The van der Waals surface area contributed by atoms with E-state index in [1.54, 1.807) is 6.07 Å². The highest BCUT2D eigenvalue weighted by Crippen LogP contribution is 2.11. The Labute approximate surface area is 100 Å². The van der Waals surface area contributed by atoms with Gasteiger partial charge in [0, 0.05) is 17.8 Å². The Hall–Kier alpha value is -1.68. The fraction of sp³-hybridized carbons (Fsp3) is 0.308. The number of rotatable bonds is 4. The van der Waals surface area contributed by atoms with Gasteiger partial charge in [-0.3, -0.25) is 4.68 Å². The molecule has 0 radical (unpaired) electrons. The molecule has 0 saturated heterocycles. The molecule has 0 aliphatic carbocycles. The summed E-state index contributed by atoms with van der Waals surface area (Å²) in [5.74, 6) is -0.210. The lowest BCUT2D eigenvalue weighted by molar-refractivity contribution is 0.618. The number of benzene rings is 1. The molecule has 2 rings (SSSR count). The van der Waals surface area contributed by atoms with Crippen LogP contribution in [-0.4, -0.2) is 16.8 Å². The number of hydrogen-bond acceptors (Lipinski definition) is 2. The van der Waals surface area contributed by atoms with Gasteiger partial charge in [0.05, 0.1) is 12.7 Å². The largest absolute Gasteiger partial charge is 0.313 e. The molecule has 1 aromatic carbocycles. The van der Waals surface area contributed by atoms with Gasteiger partial charge in [-0.2, -0.15) is 5.10 Å². The normalized spacial score (nSPS) is 12.6. The Kier molecular flexibility index (Phi) is 3.54. The topological polar surface area (TPSA) is 29.9 Å². The van der Waals surface area contributed by atoms with E-state index in [0.29, 0.717) is 6.54 Å². The lowest BCUT2D eigenvalue weighted by atomic mass is 10.2. The Balaban J connectivity index is 2.11. The Morgan fingerprint density at radius 1 is 1.47 bits per heavy atom. The lowest BCUT2D eigenvalue weighted by Crippen LogP contribution is -2.11. The SMILES string of the molecule is CNC(C)c1cnn(Cc2cccc(F)c2)c1. The Morgan fingerprint density at radius 3 is 3.00 bits per heavy atom. The summed E-state index contributed by atoms with van der Waals surface area (Å²) in [6.45, 7) is 2.66. The van der Waals surface area contributed by atoms with Crippen molar-refractivity contribution in [1.82, 2.24) is 15.1 Å². The van der Waals surface area contributed by atoms with Crippen molar-refractivity contribution in [2.45, 2.75) is 19.5 Å². The highest BCUT2D eigenvalue weighted by molar-refractivity contribution is 5.17. The van der Waals surface area contributed by atoms with E-state index in [2.05, 4.69) is 17.3 Å².